The van der Waals surface area contributed by atoms with E-state index in [4.69, 9.17) is 19.4 Å². The van der Waals surface area contributed by atoms with Crippen molar-refractivity contribution in [1.82, 2.24) is 0 Å². The second-order valence-corrected chi connectivity index (χ2v) is 6.32. The summed E-state index contributed by atoms with van der Waals surface area (Å²) in [5, 5.41) is 0. The zero-order chi connectivity index (χ0) is 6.95. The van der Waals surface area contributed by atoms with Crippen LogP contribution in [-0.2, 0) is 15.1 Å². The number of hydrogen-bond donors (Lipinski definition) is 0. The molecule has 1 aliphatic rings. The normalized spacial score (nSPS) is 14.4. The molecule has 3 heteroatoms. The number of allylic oxidation sites excluding steroid dienone is 2. The third-order valence-corrected chi connectivity index (χ3v) is 1.01. The molecule has 9 heavy (non-hydrogen) atoms. The van der Waals surface area contributed by atoms with Crippen LogP contribution in [0.4, 0.5) is 0 Å². The Balaban J connectivity index is 0.000000187. The van der Waals surface area contributed by atoms with Crippen LogP contribution >= 0.6 is 19.4 Å². The topological polar surface area (TPSA) is 0 Å². The van der Waals surface area contributed by atoms with Crippen molar-refractivity contribution in [3.63, 3.8) is 0 Å². The fraction of sp³-hybridized carbons (Fsp3) is 0.500. The van der Waals surface area contributed by atoms with Crippen LogP contribution in [0, 0.1) is 6.42 Å². The first kappa shape index (κ1) is 9.81. The Morgan fingerprint density at radius 1 is 1.44 bits per heavy atom. The third kappa shape index (κ3) is 8.81. The van der Waals surface area contributed by atoms with Crippen molar-refractivity contribution in [1.29, 1.82) is 0 Å². The van der Waals surface area contributed by atoms with Gasteiger partial charge in [-0.15, -0.1) is 12.8 Å². The van der Waals surface area contributed by atoms with Crippen LogP contribution in [0.15, 0.2) is 12.2 Å². The summed E-state index contributed by atoms with van der Waals surface area (Å²) in [5.41, 5.74) is 0. The van der Waals surface area contributed by atoms with Gasteiger partial charge in [0.1, 0.15) is 0 Å². The molecule has 0 saturated heterocycles. The molecule has 0 nitrogen and oxygen atoms in total. The van der Waals surface area contributed by atoms with Crippen molar-refractivity contribution >= 4 is 19.4 Å². The minimum atomic E-state index is -0.931. The molecule has 0 heterocycles. The van der Waals surface area contributed by atoms with Crippen molar-refractivity contribution in [3.8, 4) is 0 Å². The van der Waals surface area contributed by atoms with E-state index in [-0.39, 0.29) is 0 Å². The molecule has 0 spiro atoms. The summed E-state index contributed by atoms with van der Waals surface area (Å²) >= 11 is -0.931. The van der Waals surface area contributed by atoms with Gasteiger partial charge in [-0.05, 0) is 0 Å². The molecule has 0 aromatic carbocycles. The molecule has 1 aliphatic carbocycles. The van der Waals surface area contributed by atoms with Gasteiger partial charge in [0, 0.05) is 0 Å². The Kier molecular flexibility index (Phi) is 9.61. The SMILES string of the molecule is C1=CCCC[CH-]1.[Cl][Zn][Cl]. The van der Waals surface area contributed by atoms with Crippen LogP contribution in [-0.4, -0.2) is 0 Å². The predicted molar refractivity (Wildman–Crippen MR) is 39.0 cm³/mol. The van der Waals surface area contributed by atoms with E-state index in [1.807, 2.05) is 0 Å². The fourth-order valence-electron chi connectivity index (χ4n) is 0.642. The van der Waals surface area contributed by atoms with Gasteiger partial charge in [0.15, 0.2) is 0 Å². The van der Waals surface area contributed by atoms with Crippen LogP contribution in [0.25, 0.3) is 0 Å². The van der Waals surface area contributed by atoms with E-state index in [1.165, 1.54) is 19.3 Å². The van der Waals surface area contributed by atoms with E-state index in [0.29, 0.717) is 0 Å². The predicted octanol–water partition coefficient (Wildman–Crippen LogP) is 3.31. The summed E-state index contributed by atoms with van der Waals surface area (Å²) in [6.07, 6.45) is 10.5. The molecular weight excluding hydrogens is 208 g/mol. The molecule has 50 valence electrons. The maximum atomic E-state index is 4.95. The summed E-state index contributed by atoms with van der Waals surface area (Å²) in [5.74, 6) is 0. The molecule has 0 radical (unpaired) electrons. The molecule has 1 rings (SSSR count). The van der Waals surface area contributed by atoms with E-state index in [0.717, 1.165) is 0 Å². The van der Waals surface area contributed by atoms with Gasteiger partial charge in [-0.2, -0.15) is 0 Å². The van der Waals surface area contributed by atoms with Crippen molar-refractivity contribution < 1.29 is 15.1 Å². The Morgan fingerprint density at radius 2 is 2.11 bits per heavy atom. The van der Waals surface area contributed by atoms with Crippen LogP contribution in [0.2, 0.25) is 0 Å². The summed E-state index contributed by atoms with van der Waals surface area (Å²) in [4.78, 5) is 0. The van der Waals surface area contributed by atoms with Crippen LogP contribution in [0.3, 0.4) is 0 Å². The molecule has 0 N–H and O–H groups in total. The minimum absolute atomic E-state index is 0.931. The number of rotatable bonds is 0. The van der Waals surface area contributed by atoms with E-state index in [9.17, 15) is 0 Å². The average Bonchev–Trinajstić information content (AvgIpc) is 1.93. The molecule has 0 bridgehead atoms. The molecule has 0 unspecified atom stereocenters. The summed E-state index contributed by atoms with van der Waals surface area (Å²) in [7, 11) is 9.90. The van der Waals surface area contributed by atoms with Gasteiger partial charge in [0.2, 0.25) is 0 Å². The zero-order valence-corrected chi connectivity index (χ0v) is 9.80. The molecular formula is C6H9Cl2Zn-. The van der Waals surface area contributed by atoms with Crippen LogP contribution in [0.5, 0.6) is 0 Å². The van der Waals surface area contributed by atoms with Gasteiger partial charge in [-0.3, -0.25) is 0 Å². The van der Waals surface area contributed by atoms with Crippen LogP contribution in [0.1, 0.15) is 19.3 Å². The second kappa shape index (κ2) is 8.81. The second-order valence-electron chi connectivity index (χ2n) is 1.70. The number of hydrogen-bond acceptors (Lipinski definition) is 0. The zero-order valence-electron chi connectivity index (χ0n) is 5.32. The molecule has 0 saturated carbocycles. The van der Waals surface area contributed by atoms with E-state index >= 15 is 0 Å². The van der Waals surface area contributed by atoms with Crippen molar-refractivity contribution in [3.05, 3.63) is 18.6 Å². The molecule has 0 aromatic heterocycles. The Bertz CT molecular complexity index is 65.5. The van der Waals surface area contributed by atoms with Crippen molar-refractivity contribution in [2.45, 2.75) is 19.3 Å². The van der Waals surface area contributed by atoms with Crippen LogP contribution < -0.4 is 0 Å². The molecule has 0 aromatic rings. The Hall–Kier alpha value is 0.813. The van der Waals surface area contributed by atoms with Crippen molar-refractivity contribution in [2.24, 2.45) is 0 Å². The molecule has 0 fully saturated rings. The third-order valence-electron chi connectivity index (χ3n) is 1.01. The van der Waals surface area contributed by atoms with Gasteiger partial charge >= 0.3 is 34.5 Å². The van der Waals surface area contributed by atoms with Gasteiger partial charge in [0.05, 0.1) is 0 Å². The standard InChI is InChI=1S/C6H9.2ClH.Zn/c1-2-4-6-5-3-1;;;/h1-3H,4-6H2;2*1H;/q-1;;;+2/p-2. The quantitative estimate of drug-likeness (QED) is 0.431. The first-order valence-electron chi connectivity index (χ1n) is 3.02. The summed E-state index contributed by atoms with van der Waals surface area (Å²) in [6.45, 7) is 0. The van der Waals surface area contributed by atoms with E-state index < -0.39 is 15.1 Å². The summed E-state index contributed by atoms with van der Waals surface area (Å²) in [6, 6.07) is 0. The van der Waals surface area contributed by atoms with Crippen molar-refractivity contribution in [2.75, 3.05) is 0 Å². The van der Waals surface area contributed by atoms with Gasteiger partial charge in [-0.1, -0.05) is 6.42 Å². The first-order chi connectivity index (χ1) is 4.41. The van der Waals surface area contributed by atoms with Gasteiger partial charge < -0.3 is 0 Å². The molecule has 0 aliphatic heterocycles. The average molecular weight is 217 g/mol. The first-order valence-corrected chi connectivity index (χ1v) is 10.8. The van der Waals surface area contributed by atoms with Gasteiger partial charge in [0.25, 0.3) is 0 Å². The Morgan fingerprint density at radius 3 is 2.22 bits per heavy atom. The fourth-order valence-corrected chi connectivity index (χ4v) is 0.642. The maximum absolute atomic E-state index is 4.95. The van der Waals surface area contributed by atoms with Gasteiger partial charge in [-0.25, -0.2) is 18.6 Å². The number of halogens is 2. The monoisotopic (exact) mass is 215 g/mol. The Labute approximate surface area is 72.3 Å². The van der Waals surface area contributed by atoms with E-state index in [2.05, 4.69) is 18.6 Å². The van der Waals surface area contributed by atoms with E-state index in [1.54, 1.807) is 0 Å². The molecule has 0 amide bonds. The summed E-state index contributed by atoms with van der Waals surface area (Å²) < 4.78 is 0. The molecule has 0 atom stereocenters.